The maximum Gasteiger partial charge on any atom is 0.107 e. The molecule has 0 N–H and O–H groups in total. The molecule has 0 nitrogen and oxygen atoms in total. The first kappa shape index (κ1) is 11.1. The Morgan fingerprint density at radius 2 is 1.88 bits per heavy atom. The van der Waals surface area contributed by atoms with E-state index in [1.165, 1.54) is 11.1 Å². The first-order chi connectivity index (χ1) is 7.75. The van der Waals surface area contributed by atoms with E-state index in [1.54, 1.807) is 0 Å². The molecule has 0 saturated heterocycles. The average Bonchev–Trinajstić information content (AvgIpc) is 2.68. The fourth-order valence-electron chi connectivity index (χ4n) is 1.98. The Labute approximate surface area is 96.5 Å². The molecule has 0 aromatic heterocycles. The van der Waals surface area contributed by atoms with Crippen LogP contribution in [0.1, 0.15) is 30.4 Å². The topological polar surface area (TPSA) is 0 Å². The second kappa shape index (κ2) is 5.11. The van der Waals surface area contributed by atoms with Gasteiger partial charge in [-0.3, -0.25) is 0 Å². The van der Waals surface area contributed by atoms with E-state index in [-0.39, 0.29) is 5.83 Å². The number of allylic oxidation sites excluding steroid dienone is 4. The van der Waals surface area contributed by atoms with Gasteiger partial charge in [0.25, 0.3) is 0 Å². The van der Waals surface area contributed by atoms with Crippen molar-refractivity contribution in [2.75, 3.05) is 0 Å². The molecule has 0 heterocycles. The van der Waals surface area contributed by atoms with Gasteiger partial charge in [-0.2, -0.15) is 0 Å². The molecule has 1 heteroatoms. The van der Waals surface area contributed by atoms with E-state index in [4.69, 9.17) is 0 Å². The quantitative estimate of drug-likeness (QED) is 0.695. The lowest BCUT2D eigenvalue weighted by Gasteiger charge is -2.02. The van der Waals surface area contributed by atoms with Crippen LogP contribution >= 0.6 is 0 Å². The number of hydrogen-bond acceptors (Lipinski definition) is 0. The largest absolute Gasteiger partial charge is 0.211 e. The highest BCUT2D eigenvalue weighted by Gasteiger charge is 2.07. The van der Waals surface area contributed by atoms with Gasteiger partial charge in [0.15, 0.2) is 0 Å². The zero-order valence-corrected chi connectivity index (χ0v) is 9.67. The van der Waals surface area contributed by atoms with Gasteiger partial charge in [-0.05, 0) is 37.3 Å². The number of hydrogen-bond donors (Lipinski definition) is 0. The molecule has 84 valence electrons. The summed E-state index contributed by atoms with van der Waals surface area (Å²) in [6.07, 6.45) is 7.23. The molecule has 1 aromatic carbocycles. The van der Waals surface area contributed by atoms with Crippen molar-refractivity contribution >= 4 is 0 Å². The minimum absolute atomic E-state index is 0.0592. The Kier molecular flexibility index (Phi) is 3.55. The standard InChI is InChI=1S/C15H17F/c1-12-8-10-13(11-9-12)4-2-5-14-6-3-7-15(14)16/h3,6,8-11H,2,4-5,7H2,1H3. The van der Waals surface area contributed by atoms with Crippen LogP contribution in [0.5, 0.6) is 0 Å². The summed E-state index contributed by atoms with van der Waals surface area (Å²) in [6, 6.07) is 8.57. The van der Waals surface area contributed by atoms with E-state index in [0.717, 1.165) is 24.8 Å². The van der Waals surface area contributed by atoms with Crippen molar-refractivity contribution in [2.45, 2.75) is 32.6 Å². The van der Waals surface area contributed by atoms with E-state index in [2.05, 4.69) is 31.2 Å². The summed E-state index contributed by atoms with van der Waals surface area (Å²) in [4.78, 5) is 0. The molecular weight excluding hydrogens is 199 g/mol. The molecule has 0 aliphatic heterocycles. The molecule has 0 unspecified atom stereocenters. The third kappa shape index (κ3) is 2.82. The fourth-order valence-corrected chi connectivity index (χ4v) is 1.98. The SMILES string of the molecule is Cc1ccc(CCCC2=C(F)CC=C2)cc1. The summed E-state index contributed by atoms with van der Waals surface area (Å²) in [5, 5.41) is 0. The van der Waals surface area contributed by atoms with Crippen LogP contribution in [0.3, 0.4) is 0 Å². The highest BCUT2D eigenvalue weighted by Crippen LogP contribution is 2.24. The number of rotatable bonds is 4. The van der Waals surface area contributed by atoms with Gasteiger partial charge in [0.05, 0.1) is 0 Å². The molecule has 1 aliphatic carbocycles. The number of benzene rings is 1. The molecule has 0 radical (unpaired) electrons. The molecule has 0 fully saturated rings. The molecule has 2 rings (SSSR count). The normalized spacial score (nSPS) is 14.9. The Morgan fingerprint density at radius 3 is 2.50 bits per heavy atom. The van der Waals surface area contributed by atoms with Crippen LogP contribution in [-0.2, 0) is 6.42 Å². The summed E-state index contributed by atoms with van der Waals surface area (Å²) in [5.41, 5.74) is 3.52. The fraction of sp³-hybridized carbons (Fsp3) is 0.333. The molecule has 0 amide bonds. The monoisotopic (exact) mass is 216 g/mol. The predicted octanol–water partition coefficient (Wildman–Crippen LogP) is 4.50. The van der Waals surface area contributed by atoms with Crippen molar-refractivity contribution in [3.63, 3.8) is 0 Å². The summed E-state index contributed by atoms with van der Waals surface area (Å²) < 4.78 is 13.2. The van der Waals surface area contributed by atoms with Crippen molar-refractivity contribution in [2.24, 2.45) is 0 Å². The van der Waals surface area contributed by atoms with E-state index >= 15 is 0 Å². The van der Waals surface area contributed by atoms with Crippen molar-refractivity contribution < 1.29 is 4.39 Å². The minimum Gasteiger partial charge on any atom is -0.211 e. The lowest BCUT2D eigenvalue weighted by atomic mass is 10.0. The van der Waals surface area contributed by atoms with Gasteiger partial charge in [0.1, 0.15) is 5.83 Å². The van der Waals surface area contributed by atoms with Gasteiger partial charge in [0, 0.05) is 6.42 Å². The molecule has 0 spiro atoms. The lowest BCUT2D eigenvalue weighted by Crippen LogP contribution is -1.87. The van der Waals surface area contributed by atoms with Crippen LogP contribution in [0.2, 0.25) is 0 Å². The molecule has 0 atom stereocenters. The Morgan fingerprint density at radius 1 is 1.12 bits per heavy atom. The second-order valence-corrected chi connectivity index (χ2v) is 4.38. The van der Waals surface area contributed by atoms with E-state index in [0.29, 0.717) is 6.42 Å². The van der Waals surface area contributed by atoms with Crippen LogP contribution < -0.4 is 0 Å². The van der Waals surface area contributed by atoms with Crippen LogP contribution in [0.4, 0.5) is 4.39 Å². The van der Waals surface area contributed by atoms with Crippen LogP contribution in [0.15, 0.2) is 47.8 Å². The van der Waals surface area contributed by atoms with Crippen molar-refractivity contribution in [1.82, 2.24) is 0 Å². The Balaban J connectivity index is 1.82. The molecule has 0 bridgehead atoms. The van der Waals surface area contributed by atoms with E-state index < -0.39 is 0 Å². The smallest absolute Gasteiger partial charge is 0.107 e. The molecule has 0 saturated carbocycles. The predicted molar refractivity (Wildman–Crippen MR) is 66.0 cm³/mol. The Hall–Kier alpha value is -1.37. The van der Waals surface area contributed by atoms with E-state index in [9.17, 15) is 4.39 Å². The zero-order chi connectivity index (χ0) is 11.4. The van der Waals surface area contributed by atoms with Crippen molar-refractivity contribution in [3.05, 3.63) is 58.9 Å². The minimum atomic E-state index is 0.0592. The van der Waals surface area contributed by atoms with E-state index in [1.807, 2.05) is 12.2 Å². The number of aryl methyl sites for hydroxylation is 2. The summed E-state index contributed by atoms with van der Waals surface area (Å²) in [6.45, 7) is 2.09. The maximum absolute atomic E-state index is 13.2. The van der Waals surface area contributed by atoms with Crippen LogP contribution in [0.25, 0.3) is 0 Å². The third-order valence-electron chi connectivity index (χ3n) is 3.00. The summed E-state index contributed by atoms with van der Waals surface area (Å²) in [7, 11) is 0. The molecule has 1 aromatic rings. The second-order valence-electron chi connectivity index (χ2n) is 4.38. The molecular formula is C15H17F. The summed E-state index contributed by atoms with van der Waals surface area (Å²) >= 11 is 0. The average molecular weight is 216 g/mol. The summed E-state index contributed by atoms with van der Waals surface area (Å²) in [5.74, 6) is 0.0592. The van der Waals surface area contributed by atoms with Gasteiger partial charge >= 0.3 is 0 Å². The van der Waals surface area contributed by atoms with Crippen molar-refractivity contribution in [1.29, 1.82) is 0 Å². The highest BCUT2D eigenvalue weighted by molar-refractivity contribution is 5.30. The van der Waals surface area contributed by atoms with Gasteiger partial charge in [0.2, 0.25) is 0 Å². The molecule has 1 aliphatic rings. The lowest BCUT2D eigenvalue weighted by molar-refractivity contribution is 0.606. The third-order valence-corrected chi connectivity index (χ3v) is 3.00. The van der Waals surface area contributed by atoms with Gasteiger partial charge < -0.3 is 0 Å². The van der Waals surface area contributed by atoms with Crippen molar-refractivity contribution in [3.8, 4) is 0 Å². The van der Waals surface area contributed by atoms with Gasteiger partial charge in [-0.1, -0.05) is 42.0 Å². The van der Waals surface area contributed by atoms with Gasteiger partial charge in [-0.25, -0.2) is 4.39 Å². The first-order valence-electron chi connectivity index (χ1n) is 5.85. The number of halogens is 1. The maximum atomic E-state index is 13.2. The highest BCUT2D eigenvalue weighted by atomic mass is 19.1. The Bertz CT molecular complexity index is 410. The van der Waals surface area contributed by atoms with Crippen LogP contribution in [0, 0.1) is 6.92 Å². The van der Waals surface area contributed by atoms with Gasteiger partial charge in [-0.15, -0.1) is 0 Å². The zero-order valence-electron chi connectivity index (χ0n) is 9.67. The van der Waals surface area contributed by atoms with Crippen LogP contribution in [-0.4, -0.2) is 0 Å². The first-order valence-corrected chi connectivity index (χ1v) is 5.85. The molecule has 16 heavy (non-hydrogen) atoms.